The van der Waals surface area contributed by atoms with E-state index in [-0.39, 0.29) is 0 Å². The molecule has 0 N–H and O–H groups in total. The number of furan rings is 2. The van der Waals surface area contributed by atoms with Crippen LogP contribution in [0.4, 0.5) is 17.1 Å². The standard InChI is InChI=1S/C52H33NO2/c1-3-13-34(14-4-1)41-22-10-17-36-18-11-23-42(51(36)41)37-19-9-20-38(31-37)53(39-27-29-45-44-21-7-8-26-48(44)54-49(45)32-39)40-28-30-46-47-25-12-24-43(35-15-5-2-6-16-35)52(47)55-50(46)33-40/h1-33H. The van der Waals surface area contributed by atoms with Crippen molar-refractivity contribution in [1.82, 2.24) is 0 Å². The van der Waals surface area contributed by atoms with E-state index in [1.54, 1.807) is 0 Å². The van der Waals surface area contributed by atoms with E-state index in [1.165, 1.54) is 27.5 Å². The van der Waals surface area contributed by atoms with E-state index in [2.05, 4.69) is 187 Å². The molecule has 0 aliphatic heterocycles. The molecular weight excluding hydrogens is 671 g/mol. The molecule has 0 spiro atoms. The predicted molar refractivity (Wildman–Crippen MR) is 229 cm³/mol. The molecule has 2 heterocycles. The molecule has 0 atom stereocenters. The maximum Gasteiger partial charge on any atom is 0.143 e. The maximum absolute atomic E-state index is 6.76. The van der Waals surface area contributed by atoms with Crippen molar-refractivity contribution in [2.45, 2.75) is 0 Å². The van der Waals surface area contributed by atoms with Crippen LogP contribution in [-0.2, 0) is 0 Å². The molecule has 11 rings (SSSR count). The van der Waals surface area contributed by atoms with Crippen LogP contribution in [0.15, 0.2) is 209 Å². The molecule has 0 amide bonds. The number of rotatable bonds is 6. The van der Waals surface area contributed by atoms with Crippen LogP contribution >= 0.6 is 0 Å². The van der Waals surface area contributed by atoms with Crippen LogP contribution in [0.25, 0.3) is 88.0 Å². The van der Waals surface area contributed by atoms with E-state index in [9.17, 15) is 0 Å². The van der Waals surface area contributed by atoms with E-state index in [4.69, 9.17) is 8.83 Å². The van der Waals surface area contributed by atoms with Gasteiger partial charge in [-0.1, -0.05) is 146 Å². The Hall–Kier alpha value is -7.36. The first-order chi connectivity index (χ1) is 27.3. The van der Waals surface area contributed by atoms with Gasteiger partial charge in [0.1, 0.15) is 22.3 Å². The van der Waals surface area contributed by atoms with Crippen LogP contribution in [0.5, 0.6) is 0 Å². The molecule has 55 heavy (non-hydrogen) atoms. The molecule has 11 aromatic rings. The molecule has 258 valence electrons. The lowest BCUT2D eigenvalue weighted by Crippen LogP contribution is -2.10. The van der Waals surface area contributed by atoms with Crippen molar-refractivity contribution in [1.29, 1.82) is 0 Å². The monoisotopic (exact) mass is 703 g/mol. The first-order valence-electron chi connectivity index (χ1n) is 18.7. The Kier molecular flexibility index (Phi) is 7.17. The summed E-state index contributed by atoms with van der Waals surface area (Å²) in [6.45, 7) is 0. The normalized spacial score (nSPS) is 11.6. The third kappa shape index (κ3) is 5.20. The zero-order valence-electron chi connectivity index (χ0n) is 29.8. The molecule has 0 aliphatic rings. The summed E-state index contributed by atoms with van der Waals surface area (Å²) in [5.74, 6) is 0. The van der Waals surface area contributed by atoms with Crippen molar-refractivity contribution in [3.8, 4) is 33.4 Å². The fourth-order valence-electron chi connectivity index (χ4n) is 8.32. The second kappa shape index (κ2) is 12.6. The van der Waals surface area contributed by atoms with Crippen molar-refractivity contribution in [3.05, 3.63) is 200 Å². The highest BCUT2D eigenvalue weighted by molar-refractivity contribution is 6.11. The van der Waals surface area contributed by atoms with Crippen LogP contribution in [0.2, 0.25) is 0 Å². The van der Waals surface area contributed by atoms with Gasteiger partial charge in [0.15, 0.2) is 0 Å². The Labute approximate surface area is 317 Å². The Morgan fingerprint density at radius 2 is 0.818 bits per heavy atom. The largest absolute Gasteiger partial charge is 0.456 e. The highest BCUT2D eigenvalue weighted by Crippen LogP contribution is 2.44. The number of anilines is 3. The Morgan fingerprint density at radius 1 is 0.309 bits per heavy atom. The summed E-state index contributed by atoms with van der Waals surface area (Å²) >= 11 is 0. The van der Waals surface area contributed by atoms with Crippen LogP contribution in [0.3, 0.4) is 0 Å². The molecule has 0 saturated heterocycles. The SMILES string of the molecule is c1ccc(-c2cccc3c2oc2cc(N(c4cccc(-c5cccc6cccc(-c7ccccc7)c56)c4)c4ccc5c(c4)oc4ccccc45)ccc23)cc1. The summed E-state index contributed by atoms with van der Waals surface area (Å²) in [5, 5.41) is 6.84. The molecule has 0 saturated carbocycles. The number of fused-ring (bicyclic) bond motifs is 7. The number of benzene rings is 9. The van der Waals surface area contributed by atoms with Gasteiger partial charge >= 0.3 is 0 Å². The minimum Gasteiger partial charge on any atom is -0.456 e. The zero-order chi connectivity index (χ0) is 36.3. The molecule has 0 fully saturated rings. The van der Waals surface area contributed by atoms with Gasteiger partial charge in [-0.2, -0.15) is 0 Å². The van der Waals surface area contributed by atoms with Crippen molar-refractivity contribution < 1.29 is 8.83 Å². The lowest BCUT2D eigenvalue weighted by atomic mass is 9.91. The fraction of sp³-hybridized carbons (Fsp3) is 0. The van der Waals surface area contributed by atoms with E-state index in [1.807, 2.05) is 18.2 Å². The van der Waals surface area contributed by atoms with Gasteiger partial charge in [-0.05, 0) is 81.1 Å². The molecule has 0 radical (unpaired) electrons. The number of hydrogen-bond donors (Lipinski definition) is 0. The first kappa shape index (κ1) is 31.2. The molecule has 9 aromatic carbocycles. The molecule has 2 aromatic heterocycles. The van der Waals surface area contributed by atoms with Crippen molar-refractivity contribution in [2.24, 2.45) is 0 Å². The summed E-state index contributed by atoms with van der Waals surface area (Å²) in [6.07, 6.45) is 0. The lowest BCUT2D eigenvalue weighted by Gasteiger charge is -2.26. The quantitative estimate of drug-likeness (QED) is 0.173. The number of para-hydroxylation sites is 2. The predicted octanol–water partition coefficient (Wildman–Crippen LogP) is 15.1. The van der Waals surface area contributed by atoms with Gasteiger partial charge < -0.3 is 13.7 Å². The van der Waals surface area contributed by atoms with E-state index in [0.29, 0.717) is 0 Å². The second-order valence-electron chi connectivity index (χ2n) is 14.1. The first-order valence-corrected chi connectivity index (χ1v) is 18.7. The average Bonchev–Trinajstić information content (AvgIpc) is 3.82. The van der Waals surface area contributed by atoms with Gasteiger partial charge in [0, 0.05) is 56.3 Å². The summed E-state index contributed by atoms with van der Waals surface area (Å²) < 4.78 is 13.2. The lowest BCUT2D eigenvalue weighted by molar-refractivity contribution is 0.669. The Balaban J connectivity index is 1.11. The molecule has 0 bridgehead atoms. The average molecular weight is 704 g/mol. The van der Waals surface area contributed by atoms with Gasteiger partial charge in [-0.15, -0.1) is 0 Å². The van der Waals surface area contributed by atoms with Crippen molar-refractivity contribution in [2.75, 3.05) is 4.90 Å². The van der Waals surface area contributed by atoms with Crippen LogP contribution in [0.1, 0.15) is 0 Å². The van der Waals surface area contributed by atoms with Crippen LogP contribution in [0, 0.1) is 0 Å². The van der Waals surface area contributed by atoms with Gasteiger partial charge in [0.25, 0.3) is 0 Å². The minimum absolute atomic E-state index is 0.836. The minimum atomic E-state index is 0.836. The summed E-state index contributed by atoms with van der Waals surface area (Å²) in [7, 11) is 0. The zero-order valence-corrected chi connectivity index (χ0v) is 29.8. The maximum atomic E-state index is 6.76. The molecular formula is C52H33NO2. The smallest absolute Gasteiger partial charge is 0.143 e. The van der Waals surface area contributed by atoms with Gasteiger partial charge in [0.2, 0.25) is 0 Å². The molecule has 3 heteroatoms. The Morgan fingerprint density at radius 3 is 1.56 bits per heavy atom. The second-order valence-corrected chi connectivity index (χ2v) is 14.1. The fourth-order valence-corrected chi connectivity index (χ4v) is 8.32. The van der Waals surface area contributed by atoms with Crippen LogP contribution in [-0.4, -0.2) is 0 Å². The van der Waals surface area contributed by atoms with E-state index >= 15 is 0 Å². The topological polar surface area (TPSA) is 29.5 Å². The van der Waals surface area contributed by atoms with Crippen molar-refractivity contribution >= 4 is 71.7 Å². The molecule has 0 unspecified atom stereocenters. The van der Waals surface area contributed by atoms with Gasteiger partial charge in [-0.25, -0.2) is 0 Å². The van der Waals surface area contributed by atoms with E-state index < -0.39 is 0 Å². The van der Waals surface area contributed by atoms with E-state index in [0.717, 1.165) is 77.6 Å². The third-order valence-electron chi connectivity index (χ3n) is 10.9. The molecule has 0 aliphatic carbocycles. The molecule has 3 nitrogen and oxygen atoms in total. The van der Waals surface area contributed by atoms with Gasteiger partial charge in [-0.3, -0.25) is 0 Å². The summed E-state index contributed by atoms with van der Waals surface area (Å²) in [4.78, 5) is 2.31. The summed E-state index contributed by atoms with van der Waals surface area (Å²) in [6, 6.07) is 70.9. The van der Waals surface area contributed by atoms with Crippen molar-refractivity contribution in [3.63, 3.8) is 0 Å². The highest BCUT2D eigenvalue weighted by Gasteiger charge is 2.20. The third-order valence-corrected chi connectivity index (χ3v) is 10.9. The number of hydrogen-bond acceptors (Lipinski definition) is 3. The van der Waals surface area contributed by atoms with Crippen LogP contribution < -0.4 is 4.90 Å². The number of nitrogens with zero attached hydrogens (tertiary/aromatic N) is 1. The highest BCUT2D eigenvalue weighted by atomic mass is 16.3. The summed E-state index contributed by atoms with van der Waals surface area (Å²) in [5.41, 5.74) is 13.4. The van der Waals surface area contributed by atoms with Gasteiger partial charge in [0.05, 0.1) is 0 Å². The Bertz CT molecular complexity index is 3200.